The summed E-state index contributed by atoms with van der Waals surface area (Å²) in [6.45, 7) is 4.72. The van der Waals surface area contributed by atoms with Crippen LogP contribution in [0.1, 0.15) is 35.5 Å². The van der Waals surface area contributed by atoms with Crippen LogP contribution in [0.2, 0.25) is 0 Å². The van der Waals surface area contributed by atoms with E-state index in [2.05, 4.69) is 21.6 Å². The fourth-order valence-corrected chi connectivity index (χ4v) is 2.95. The highest BCUT2D eigenvalue weighted by Crippen LogP contribution is 2.23. The van der Waals surface area contributed by atoms with Gasteiger partial charge < -0.3 is 10.2 Å². The molecule has 0 bridgehead atoms. The molecule has 2 heterocycles. The number of aryl methyl sites for hydroxylation is 2. The van der Waals surface area contributed by atoms with Crippen molar-refractivity contribution in [3.05, 3.63) is 39.8 Å². The standard InChI is InChI=1S/C15H22N4OS/c1-11-13(10-17-18-11)6-4-8-16-15(20)19(3)12(2)14-7-5-9-21-14/h5,7,9-10,12H,4,6,8H2,1-3H3,(H,16,20)(H,17,18)/t12-/m1/s1. The number of carbonyl (C=O) groups excluding carboxylic acids is 1. The van der Waals surface area contributed by atoms with Crippen molar-refractivity contribution in [2.45, 2.75) is 32.7 Å². The summed E-state index contributed by atoms with van der Waals surface area (Å²) in [6.07, 6.45) is 3.68. The zero-order chi connectivity index (χ0) is 15.2. The van der Waals surface area contributed by atoms with Crippen molar-refractivity contribution in [1.29, 1.82) is 0 Å². The topological polar surface area (TPSA) is 61.0 Å². The normalized spacial score (nSPS) is 12.1. The lowest BCUT2D eigenvalue weighted by Gasteiger charge is -2.24. The predicted molar refractivity (Wildman–Crippen MR) is 85.5 cm³/mol. The molecule has 6 heteroatoms. The van der Waals surface area contributed by atoms with Crippen molar-refractivity contribution in [3.63, 3.8) is 0 Å². The second kappa shape index (κ2) is 7.26. The number of rotatable bonds is 6. The molecule has 0 fully saturated rings. The summed E-state index contributed by atoms with van der Waals surface area (Å²) >= 11 is 1.67. The van der Waals surface area contributed by atoms with E-state index < -0.39 is 0 Å². The maximum absolute atomic E-state index is 12.1. The lowest BCUT2D eigenvalue weighted by Crippen LogP contribution is -2.39. The molecule has 2 amide bonds. The monoisotopic (exact) mass is 306 g/mol. The molecule has 0 saturated carbocycles. The zero-order valence-corrected chi connectivity index (χ0v) is 13.5. The summed E-state index contributed by atoms with van der Waals surface area (Å²) in [5.41, 5.74) is 2.31. The summed E-state index contributed by atoms with van der Waals surface area (Å²) in [5.74, 6) is 0. The van der Waals surface area contributed by atoms with Gasteiger partial charge in [0.1, 0.15) is 0 Å². The van der Waals surface area contributed by atoms with Crippen LogP contribution in [0.4, 0.5) is 4.79 Å². The summed E-state index contributed by atoms with van der Waals surface area (Å²) in [4.78, 5) is 15.0. The Kier molecular flexibility index (Phi) is 5.38. The van der Waals surface area contributed by atoms with Crippen LogP contribution in [0.3, 0.4) is 0 Å². The molecule has 2 N–H and O–H groups in total. The molecule has 0 saturated heterocycles. The molecule has 0 spiro atoms. The van der Waals surface area contributed by atoms with Gasteiger partial charge in [-0.1, -0.05) is 6.07 Å². The Labute approximate surface area is 129 Å². The predicted octanol–water partition coefficient (Wildman–Crippen LogP) is 3.11. The average Bonchev–Trinajstić information content (AvgIpc) is 3.13. The molecule has 0 radical (unpaired) electrons. The molecule has 5 nitrogen and oxygen atoms in total. The molecule has 2 aromatic rings. The Hall–Kier alpha value is -1.82. The lowest BCUT2D eigenvalue weighted by atomic mass is 10.1. The van der Waals surface area contributed by atoms with Crippen LogP contribution in [0, 0.1) is 6.92 Å². The van der Waals surface area contributed by atoms with Gasteiger partial charge in [-0.25, -0.2) is 4.79 Å². The van der Waals surface area contributed by atoms with Crippen LogP contribution >= 0.6 is 11.3 Å². The quantitative estimate of drug-likeness (QED) is 0.806. The highest BCUT2D eigenvalue weighted by molar-refractivity contribution is 7.10. The third-order valence-corrected chi connectivity index (χ3v) is 4.73. The number of aromatic amines is 1. The number of hydrogen-bond donors (Lipinski definition) is 2. The molecule has 21 heavy (non-hydrogen) atoms. The van der Waals surface area contributed by atoms with E-state index in [1.165, 1.54) is 10.4 Å². The van der Waals surface area contributed by atoms with Crippen molar-refractivity contribution in [2.75, 3.05) is 13.6 Å². The Morgan fingerprint density at radius 3 is 3.00 bits per heavy atom. The molecule has 0 aliphatic heterocycles. The minimum absolute atomic E-state index is 0.0279. The van der Waals surface area contributed by atoms with Crippen LogP contribution in [0.5, 0.6) is 0 Å². The summed E-state index contributed by atoms with van der Waals surface area (Å²) < 4.78 is 0. The van der Waals surface area contributed by atoms with Crippen LogP contribution in [0.15, 0.2) is 23.7 Å². The second-order valence-corrected chi connectivity index (χ2v) is 6.14. The van der Waals surface area contributed by atoms with Crippen LogP contribution in [-0.2, 0) is 6.42 Å². The van der Waals surface area contributed by atoms with Crippen molar-refractivity contribution in [3.8, 4) is 0 Å². The molecule has 2 aromatic heterocycles. The fourth-order valence-electron chi connectivity index (χ4n) is 2.12. The van der Waals surface area contributed by atoms with Gasteiger partial charge in [0, 0.05) is 24.2 Å². The number of amides is 2. The summed E-state index contributed by atoms with van der Waals surface area (Å²) in [6, 6.07) is 4.14. The molecule has 0 aromatic carbocycles. The minimum Gasteiger partial charge on any atom is -0.338 e. The summed E-state index contributed by atoms with van der Waals surface area (Å²) in [7, 11) is 1.83. The average molecular weight is 306 g/mol. The van der Waals surface area contributed by atoms with Crippen molar-refractivity contribution in [1.82, 2.24) is 20.4 Å². The second-order valence-electron chi connectivity index (χ2n) is 5.16. The molecule has 0 aliphatic carbocycles. The third kappa shape index (κ3) is 4.07. The molecular weight excluding hydrogens is 284 g/mol. The highest BCUT2D eigenvalue weighted by Gasteiger charge is 2.17. The minimum atomic E-state index is -0.0279. The van der Waals surface area contributed by atoms with Gasteiger partial charge in [-0.15, -0.1) is 11.3 Å². The fraction of sp³-hybridized carbons (Fsp3) is 0.467. The van der Waals surface area contributed by atoms with E-state index in [4.69, 9.17) is 0 Å². The largest absolute Gasteiger partial charge is 0.338 e. The number of thiophene rings is 1. The van der Waals surface area contributed by atoms with Gasteiger partial charge in [-0.05, 0) is 43.7 Å². The van der Waals surface area contributed by atoms with Crippen molar-refractivity contribution >= 4 is 17.4 Å². The first-order valence-corrected chi connectivity index (χ1v) is 8.00. The molecular formula is C15H22N4OS. The number of urea groups is 1. The Morgan fingerprint density at radius 1 is 1.57 bits per heavy atom. The van der Waals surface area contributed by atoms with E-state index in [9.17, 15) is 4.79 Å². The molecule has 114 valence electrons. The highest BCUT2D eigenvalue weighted by atomic mass is 32.1. The van der Waals surface area contributed by atoms with Crippen LogP contribution < -0.4 is 5.32 Å². The number of nitrogens with zero attached hydrogens (tertiary/aromatic N) is 2. The number of H-pyrrole nitrogens is 1. The maximum Gasteiger partial charge on any atom is 0.317 e. The third-order valence-electron chi connectivity index (χ3n) is 3.69. The van der Waals surface area contributed by atoms with Crippen molar-refractivity contribution in [2.24, 2.45) is 0 Å². The van der Waals surface area contributed by atoms with E-state index in [1.54, 1.807) is 16.2 Å². The van der Waals surface area contributed by atoms with Crippen LogP contribution in [-0.4, -0.2) is 34.7 Å². The Morgan fingerprint density at radius 2 is 2.38 bits per heavy atom. The number of hydrogen-bond acceptors (Lipinski definition) is 3. The zero-order valence-electron chi connectivity index (χ0n) is 12.7. The number of nitrogens with one attached hydrogen (secondary N) is 2. The van der Waals surface area contributed by atoms with Gasteiger partial charge in [0.15, 0.2) is 0 Å². The van der Waals surface area contributed by atoms with Gasteiger partial charge in [0.05, 0.1) is 12.2 Å². The Balaban J connectivity index is 1.73. The van der Waals surface area contributed by atoms with E-state index in [1.807, 2.05) is 38.5 Å². The van der Waals surface area contributed by atoms with Gasteiger partial charge in [0.2, 0.25) is 0 Å². The first-order chi connectivity index (χ1) is 10.1. The van der Waals surface area contributed by atoms with E-state index in [0.29, 0.717) is 6.54 Å². The van der Waals surface area contributed by atoms with Gasteiger partial charge >= 0.3 is 6.03 Å². The first-order valence-electron chi connectivity index (χ1n) is 7.12. The molecule has 0 aliphatic rings. The van der Waals surface area contributed by atoms with Gasteiger partial charge in [-0.3, -0.25) is 5.10 Å². The van der Waals surface area contributed by atoms with E-state index in [0.717, 1.165) is 18.5 Å². The first kappa shape index (κ1) is 15.6. The molecule has 1 atom stereocenters. The van der Waals surface area contributed by atoms with E-state index >= 15 is 0 Å². The van der Waals surface area contributed by atoms with Gasteiger partial charge in [-0.2, -0.15) is 5.10 Å². The van der Waals surface area contributed by atoms with Gasteiger partial charge in [0.25, 0.3) is 0 Å². The number of aromatic nitrogens is 2. The molecule has 0 unspecified atom stereocenters. The summed E-state index contributed by atoms with van der Waals surface area (Å²) in [5, 5.41) is 11.9. The molecule has 2 rings (SSSR count). The maximum atomic E-state index is 12.1. The van der Waals surface area contributed by atoms with Crippen molar-refractivity contribution < 1.29 is 4.79 Å². The smallest absolute Gasteiger partial charge is 0.317 e. The van der Waals surface area contributed by atoms with E-state index in [-0.39, 0.29) is 12.1 Å². The number of carbonyl (C=O) groups is 1. The Bertz CT molecular complexity index is 564. The lowest BCUT2D eigenvalue weighted by molar-refractivity contribution is 0.195. The van der Waals surface area contributed by atoms with Crippen LogP contribution in [0.25, 0.3) is 0 Å². The SMILES string of the molecule is Cc1[nH]ncc1CCCNC(=O)N(C)[C@H](C)c1cccs1.